The zero-order valence-electron chi connectivity index (χ0n) is 21.6. The van der Waals surface area contributed by atoms with E-state index in [9.17, 15) is 4.79 Å². The number of nitrogens with one attached hydrogen (secondary N) is 1. The van der Waals surface area contributed by atoms with Gasteiger partial charge in [-0.25, -0.2) is 9.97 Å². The van der Waals surface area contributed by atoms with E-state index >= 15 is 0 Å². The van der Waals surface area contributed by atoms with E-state index < -0.39 is 5.41 Å². The molecule has 1 atom stereocenters. The van der Waals surface area contributed by atoms with Crippen LogP contribution < -0.4 is 14.8 Å². The molecule has 2 aliphatic rings. The van der Waals surface area contributed by atoms with E-state index in [1.165, 1.54) is 24.2 Å². The first-order valence-corrected chi connectivity index (χ1v) is 13.8. The van der Waals surface area contributed by atoms with Crippen molar-refractivity contribution in [2.75, 3.05) is 5.32 Å². The zero-order chi connectivity index (χ0) is 26.3. The quantitative estimate of drug-likeness (QED) is 0.304. The number of benzene rings is 1. The van der Waals surface area contributed by atoms with Crippen molar-refractivity contribution in [3.8, 4) is 28.8 Å². The van der Waals surface area contributed by atoms with Gasteiger partial charge < -0.3 is 14.8 Å². The number of pyridine rings is 2. The van der Waals surface area contributed by atoms with Crippen LogP contribution in [-0.2, 0) is 4.79 Å². The van der Waals surface area contributed by atoms with Crippen LogP contribution in [0.2, 0.25) is 0 Å². The third kappa shape index (κ3) is 4.62. The molecule has 1 N–H and O–H groups in total. The molecule has 4 heterocycles. The second-order valence-electron chi connectivity index (χ2n) is 10.4. The van der Waals surface area contributed by atoms with Crippen molar-refractivity contribution in [1.29, 1.82) is 0 Å². The van der Waals surface area contributed by atoms with E-state index in [-0.39, 0.29) is 11.8 Å². The molecule has 0 saturated heterocycles. The Morgan fingerprint density at radius 1 is 1.00 bits per heavy atom. The normalized spacial score (nSPS) is 16.9. The highest BCUT2D eigenvalue weighted by atomic mass is 32.1. The van der Waals surface area contributed by atoms with Gasteiger partial charge in [0.2, 0.25) is 22.8 Å². The minimum atomic E-state index is -0.863. The molecule has 9 heteroatoms. The van der Waals surface area contributed by atoms with Crippen LogP contribution in [0.1, 0.15) is 62.3 Å². The van der Waals surface area contributed by atoms with Crippen molar-refractivity contribution in [3.63, 3.8) is 0 Å². The molecule has 4 aromatic rings. The first-order chi connectivity index (χ1) is 18.4. The maximum absolute atomic E-state index is 13.5. The second kappa shape index (κ2) is 9.79. The van der Waals surface area contributed by atoms with Gasteiger partial charge in [0.25, 0.3) is 0 Å². The third-order valence-corrected chi connectivity index (χ3v) is 7.98. The number of fused-ring (bicyclic) bond motifs is 2. The minimum absolute atomic E-state index is 0.166. The van der Waals surface area contributed by atoms with E-state index in [0.29, 0.717) is 23.0 Å². The number of nitrogens with zero attached hydrogens (tertiary/aromatic N) is 4. The molecule has 0 spiro atoms. The fourth-order valence-corrected chi connectivity index (χ4v) is 5.75. The number of aryl methyl sites for hydroxylation is 1. The van der Waals surface area contributed by atoms with Crippen LogP contribution in [0.3, 0.4) is 0 Å². The average molecular weight is 528 g/mol. The van der Waals surface area contributed by atoms with Crippen LogP contribution in [-0.4, -0.2) is 32.2 Å². The largest absolute Gasteiger partial charge is 0.490 e. The molecule has 38 heavy (non-hydrogen) atoms. The van der Waals surface area contributed by atoms with Crippen molar-refractivity contribution in [3.05, 3.63) is 70.9 Å². The van der Waals surface area contributed by atoms with Crippen LogP contribution in [0.25, 0.3) is 11.3 Å². The lowest BCUT2D eigenvalue weighted by molar-refractivity contribution is -0.124. The Kier molecular flexibility index (Phi) is 6.31. The molecule has 1 saturated carbocycles. The topological polar surface area (TPSA) is 99.1 Å². The standard InChI is InChI=1S/C29H29N5O3S/c1-17-8-13-21-24(29(2,3)27(35)33-28-34-30-16-38-28)22-14-15-23(32-26(22)37-25(21)31-17)18-9-11-20(12-10-18)36-19-6-4-5-7-19/h8-16,19,24H,4-7H2,1-3H3,(H,33,34,35)/t24-/m0/s1. The number of ether oxygens (including phenoxy) is 2. The van der Waals surface area contributed by atoms with Gasteiger partial charge in [-0.05, 0) is 69.0 Å². The Bertz CT molecular complexity index is 1460. The average Bonchev–Trinajstić information content (AvgIpc) is 3.62. The number of anilines is 1. The molecule has 0 bridgehead atoms. The maximum atomic E-state index is 13.5. The maximum Gasteiger partial charge on any atom is 0.232 e. The number of rotatable bonds is 6. The molecule has 1 aromatic carbocycles. The van der Waals surface area contributed by atoms with Gasteiger partial charge >= 0.3 is 0 Å². The molecule has 194 valence electrons. The van der Waals surface area contributed by atoms with Crippen molar-refractivity contribution in [1.82, 2.24) is 20.2 Å². The fourth-order valence-electron chi connectivity index (χ4n) is 5.31. The van der Waals surface area contributed by atoms with Crippen molar-refractivity contribution >= 4 is 22.4 Å². The van der Waals surface area contributed by atoms with Gasteiger partial charge in [-0.2, -0.15) is 0 Å². The summed E-state index contributed by atoms with van der Waals surface area (Å²) in [7, 11) is 0. The Morgan fingerprint density at radius 3 is 2.42 bits per heavy atom. The zero-order valence-corrected chi connectivity index (χ0v) is 22.4. The number of carbonyl (C=O) groups is 1. The summed E-state index contributed by atoms with van der Waals surface area (Å²) in [6.07, 6.45) is 5.03. The highest BCUT2D eigenvalue weighted by Gasteiger charge is 2.45. The van der Waals surface area contributed by atoms with Gasteiger partial charge in [-0.3, -0.25) is 4.79 Å². The fraction of sp³-hybridized carbons (Fsp3) is 0.345. The molecule has 6 rings (SSSR count). The van der Waals surface area contributed by atoms with Crippen LogP contribution >= 0.6 is 11.3 Å². The summed E-state index contributed by atoms with van der Waals surface area (Å²) in [5.41, 5.74) is 4.99. The van der Waals surface area contributed by atoms with Gasteiger partial charge in [0, 0.05) is 28.3 Å². The highest BCUT2D eigenvalue weighted by molar-refractivity contribution is 7.13. The van der Waals surface area contributed by atoms with E-state index in [0.717, 1.165) is 46.7 Å². The van der Waals surface area contributed by atoms with Gasteiger partial charge in [-0.1, -0.05) is 37.3 Å². The molecule has 1 aliphatic heterocycles. The van der Waals surface area contributed by atoms with Gasteiger partial charge in [-0.15, -0.1) is 10.2 Å². The highest BCUT2D eigenvalue weighted by Crippen LogP contribution is 2.51. The smallest absolute Gasteiger partial charge is 0.232 e. The molecule has 0 radical (unpaired) electrons. The molecule has 8 nitrogen and oxygen atoms in total. The van der Waals surface area contributed by atoms with Crippen LogP contribution in [0.4, 0.5) is 5.13 Å². The minimum Gasteiger partial charge on any atom is -0.490 e. The SMILES string of the molecule is Cc1ccc2c(n1)Oc1nc(-c3ccc(OC4CCCC4)cc3)ccc1[C@H]2C(C)(C)C(=O)Nc1nncs1. The van der Waals surface area contributed by atoms with Crippen molar-refractivity contribution in [2.24, 2.45) is 5.41 Å². The summed E-state index contributed by atoms with van der Waals surface area (Å²) < 4.78 is 12.4. The summed E-state index contributed by atoms with van der Waals surface area (Å²) >= 11 is 1.28. The second-order valence-corrected chi connectivity index (χ2v) is 11.3. The number of amides is 1. The molecule has 3 aromatic heterocycles. The number of hydrogen-bond acceptors (Lipinski definition) is 8. The summed E-state index contributed by atoms with van der Waals surface area (Å²) in [4.78, 5) is 23.0. The summed E-state index contributed by atoms with van der Waals surface area (Å²) in [6.45, 7) is 5.76. The third-order valence-electron chi connectivity index (χ3n) is 7.38. The first kappa shape index (κ1) is 24.5. The predicted octanol–water partition coefficient (Wildman–Crippen LogP) is 6.53. The summed E-state index contributed by atoms with van der Waals surface area (Å²) in [5, 5.41) is 11.2. The lowest BCUT2D eigenvalue weighted by atomic mass is 9.70. The Balaban J connectivity index is 1.34. The van der Waals surface area contributed by atoms with Gasteiger partial charge in [0.05, 0.1) is 17.2 Å². The van der Waals surface area contributed by atoms with Gasteiger partial charge in [0.15, 0.2) is 0 Å². The monoisotopic (exact) mass is 527 g/mol. The van der Waals surface area contributed by atoms with Crippen LogP contribution in [0, 0.1) is 12.3 Å². The Labute approximate surface area is 225 Å². The summed E-state index contributed by atoms with van der Waals surface area (Å²) in [6, 6.07) is 16.0. The first-order valence-electron chi connectivity index (χ1n) is 12.9. The molecule has 1 aliphatic carbocycles. The van der Waals surface area contributed by atoms with E-state index in [1.54, 1.807) is 5.51 Å². The molecule has 1 fully saturated rings. The number of aromatic nitrogens is 4. The number of carbonyl (C=O) groups excluding carboxylic acids is 1. The number of hydrogen-bond donors (Lipinski definition) is 1. The van der Waals surface area contributed by atoms with Crippen molar-refractivity contribution in [2.45, 2.75) is 58.5 Å². The van der Waals surface area contributed by atoms with Crippen molar-refractivity contribution < 1.29 is 14.3 Å². The Hall–Kier alpha value is -3.85. The molecule has 1 amide bonds. The molecular formula is C29H29N5O3S. The van der Waals surface area contributed by atoms with E-state index in [2.05, 4.69) is 20.5 Å². The Morgan fingerprint density at radius 2 is 1.71 bits per heavy atom. The van der Waals surface area contributed by atoms with Gasteiger partial charge in [0.1, 0.15) is 11.3 Å². The molecule has 0 unspecified atom stereocenters. The van der Waals surface area contributed by atoms with E-state index in [1.807, 2.05) is 69.3 Å². The van der Waals surface area contributed by atoms with Crippen LogP contribution in [0.5, 0.6) is 17.5 Å². The lowest BCUT2D eigenvalue weighted by Crippen LogP contribution is -2.38. The lowest BCUT2D eigenvalue weighted by Gasteiger charge is -2.37. The summed E-state index contributed by atoms with van der Waals surface area (Å²) in [5.74, 6) is 1.32. The molecular weight excluding hydrogens is 498 g/mol. The predicted molar refractivity (Wildman–Crippen MR) is 146 cm³/mol. The van der Waals surface area contributed by atoms with Crippen LogP contribution in [0.15, 0.2) is 54.0 Å². The van der Waals surface area contributed by atoms with E-state index in [4.69, 9.17) is 14.5 Å².